The molecule has 0 fully saturated rings. The van der Waals surface area contributed by atoms with E-state index in [1.165, 1.54) is 5.56 Å². The number of ether oxygens (including phenoxy) is 2. The molecule has 0 aliphatic heterocycles. The fourth-order valence-corrected chi connectivity index (χ4v) is 4.41. The Kier molecular flexibility index (Phi) is 7.95. The Morgan fingerprint density at radius 1 is 0.844 bits per heavy atom. The molecule has 0 saturated carbocycles. The fourth-order valence-electron chi connectivity index (χ4n) is 3.44. The number of methoxy groups -OCH3 is 1. The summed E-state index contributed by atoms with van der Waals surface area (Å²) in [7, 11) is 1.71. The van der Waals surface area contributed by atoms with Gasteiger partial charge in [0.25, 0.3) is 0 Å². The molecular formula is C26H27N3O2S. The third-order valence-corrected chi connectivity index (χ3v) is 6.07. The zero-order valence-corrected chi connectivity index (χ0v) is 19.0. The van der Waals surface area contributed by atoms with Crippen LogP contribution in [-0.2, 0) is 24.3 Å². The fraction of sp³-hybridized carbons (Fsp3) is 0.231. The van der Waals surface area contributed by atoms with E-state index in [1.807, 2.05) is 42.5 Å². The number of benzene rings is 3. The molecule has 0 spiro atoms. The minimum atomic E-state index is 0.347. The molecule has 4 rings (SSSR count). The lowest BCUT2D eigenvalue weighted by molar-refractivity contribution is 0.181. The highest BCUT2D eigenvalue weighted by molar-refractivity contribution is 7.99. The van der Waals surface area contributed by atoms with Crippen molar-refractivity contribution in [2.24, 2.45) is 0 Å². The molecule has 3 aromatic carbocycles. The molecule has 0 unspecified atom stereocenters. The second kappa shape index (κ2) is 11.5. The molecule has 0 aliphatic carbocycles. The number of rotatable bonds is 11. The van der Waals surface area contributed by atoms with Crippen LogP contribution in [0.15, 0.2) is 90.1 Å². The molecule has 4 aromatic rings. The summed E-state index contributed by atoms with van der Waals surface area (Å²) < 4.78 is 13.6. The minimum Gasteiger partial charge on any atom is -0.485 e. The maximum absolute atomic E-state index is 6.21. The summed E-state index contributed by atoms with van der Waals surface area (Å²) in [5.74, 6) is 2.57. The van der Waals surface area contributed by atoms with Crippen LogP contribution in [0.25, 0.3) is 11.1 Å². The Balaban J connectivity index is 1.46. The van der Waals surface area contributed by atoms with Crippen LogP contribution in [0.1, 0.15) is 11.4 Å². The molecule has 0 radical (unpaired) electrons. The largest absolute Gasteiger partial charge is 0.485 e. The highest BCUT2D eigenvalue weighted by Crippen LogP contribution is 2.30. The molecule has 0 N–H and O–H groups in total. The Labute approximate surface area is 193 Å². The van der Waals surface area contributed by atoms with Crippen molar-refractivity contribution in [3.05, 3.63) is 96.3 Å². The van der Waals surface area contributed by atoms with Crippen LogP contribution in [0, 0.1) is 0 Å². The van der Waals surface area contributed by atoms with E-state index < -0.39 is 0 Å². The first kappa shape index (κ1) is 22.1. The van der Waals surface area contributed by atoms with Gasteiger partial charge in [-0.2, -0.15) is 0 Å². The Morgan fingerprint density at radius 2 is 1.56 bits per heavy atom. The van der Waals surface area contributed by atoms with Crippen LogP contribution in [0.2, 0.25) is 0 Å². The molecule has 164 valence electrons. The van der Waals surface area contributed by atoms with Crippen LogP contribution in [0.4, 0.5) is 0 Å². The molecule has 32 heavy (non-hydrogen) atoms. The highest BCUT2D eigenvalue weighted by atomic mass is 32.2. The van der Waals surface area contributed by atoms with Crippen LogP contribution in [0.3, 0.4) is 0 Å². The quantitative estimate of drug-likeness (QED) is 0.285. The summed E-state index contributed by atoms with van der Waals surface area (Å²) in [6, 6.07) is 28.8. The van der Waals surface area contributed by atoms with Crippen molar-refractivity contribution in [1.29, 1.82) is 0 Å². The number of nitrogens with zero attached hydrogens (tertiary/aromatic N) is 3. The van der Waals surface area contributed by atoms with Crippen LogP contribution >= 0.6 is 11.8 Å². The second-order valence-corrected chi connectivity index (χ2v) is 8.34. The summed E-state index contributed by atoms with van der Waals surface area (Å²) in [6.07, 6.45) is 0.985. The normalized spacial score (nSPS) is 10.9. The molecule has 1 aromatic heterocycles. The van der Waals surface area contributed by atoms with E-state index in [4.69, 9.17) is 9.47 Å². The van der Waals surface area contributed by atoms with Gasteiger partial charge >= 0.3 is 0 Å². The number of thioether (sulfide) groups is 1. The van der Waals surface area contributed by atoms with Crippen LogP contribution in [-0.4, -0.2) is 34.2 Å². The number of hydrogen-bond donors (Lipinski definition) is 0. The van der Waals surface area contributed by atoms with Gasteiger partial charge in [0.1, 0.15) is 12.4 Å². The van der Waals surface area contributed by atoms with E-state index in [0.717, 1.165) is 40.0 Å². The van der Waals surface area contributed by atoms with Crippen molar-refractivity contribution < 1.29 is 9.47 Å². The molecular weight excluding hydrogens is 418 g/mol. The summed E-state index contributed by atoms with van der Waals surface area (Å²) in [4.78, 5) is 0. The van der Waals surface area contributed by atoms with Gasteiger partial charge in [0.05, 0.1) is 6.61 Å². The van der Waals surface area contributed by atoms with Gasteiger partial charge < -0.3 is 14.0 Å². The van der Waals surface area contributed by atoms with Gasteiger partial charge in [0.15, 0.2) is 11.0 Å². The number of aryl methyl sites for hydroxylation is 1. The van der Waals surface area contributed by atoms with E-state index in [1.54, 1.807) is 18.9 Å². The van der Waals surface area contributed by atoms with Crippen LogP contribution < -0.4 is 4.74 Å². The summed E-state index contributed by atoms with van der Waals surface area (Å²) in [6.45, 7) is 1.63. The zero-order valence-electron chi connectivity index (χ0n) is 18.2. The SMILES string of the molecule is COCCn1c(COc2ccccc2-c2ccccc2)nnc1SCCc1ccccc1. The van der Waals surface area contributed by atoms with Gasteiger partial charge in [0.2, 0.25) is 0 Å². The van der Waals surface area contributed by atoms with Crippen molar-refractivity contribution in [3.8, 4) is 16.9 Å². The van der Waals surface area contributed by atoms with Gasteiger partial charge in [-0.3, -0.25) is 0 Å². The molecule has 5 nitrogen and oxygen atoms in total. The predicted octanol–water partition coefficient (Wildman–Crippen LogP) is 5.51. The number of hydrogen-bond acceptors (Lipinski definition) is 5. The Morgan fingerprint density at radius 3 is 2.34 bits per heavy atom. The van der Waals surface area contributed by atoms with Crippen molar-refractivity contribution in [2.45, 2.75) is 24.7 Å². The maximum Gasteiger partial charge on any atom is 0.191 e. The van der Waals surface area contributed by atoms with E-state index in [0.29, 0.717) is 19.8 Å². The predicted molar refractivity (Wildman–Crippen MR) is 129 cm³/mol. The maximum atomic E-state index is 6.21. The lowest BCUT2D eigenvalue weighted by Gasteiger charge is -2.13. The van der Waals surface area contributed by atoms with E-state index in [2.05, 4.69) is 57.2 Å². The standard InChI is InChI=1S/C26H27N3O2S/c1-30-18-17-29-25(27-28-26(29)32-19-16-21-10-4-2-5-11-21)20-31-24-15-9-8-14-23(24)22-12-6-3-7-13-22/h2-15H,16-20H2,1H3. The van der Waals surface area contributed by atoms with Gasteiger partial charge in [0, 0.05) is 25.0 Å². The van der Waals surface area contributed by atoms with Crippen molar-refractivity contribution in [3.63, 3.8) is 0 Å². The summed E-state index contributed by atoms with van der Waals surface area (Å²) in [5.41, 5.74) is 3.51. The Bertz CT molecular complexity index is 1100. The molecule has 0 aliphatic rings. The lowest BCUT2D eigenvalue weighted by atomic mass is 10.1. The third-order valence-electron chi connectivity index (χ3n) is 5.11. The minimum absolute atomic E-state index is 0.347. The second-order valence-electron chi connectivity index (χ2n) is 7.28. The van der Waals surface area contributed by atoms with Crippen LogP contribution in [0.5, 0.6) is 5.75 Å². The highest BCUT2D eigenvalue weighted by Gasteiger charge is 2.14. The topological polar surface area (TPSA) is 49.2 Å². The molecule has 0 amide bonds. The average molecular weight is 446 g/mol. The first-order valence-electron chi connectivity index (χ1n) is 10.7. The molecule has 0 bridgehead atoms. The Hall–Kier alpha value is -3.09. The lowest BCUT2D eigenvalue weighted by Crippen LogP contribution is -2.12. The average Bonchev–Trinajstić information content (AvgIpc) is 3.24. The number of para-hydroxylation sites is 1. The van der Waals surface area contributed by atoms with E-state index >= 15 is 0 Å². The van der Waals surface area contributed by atoms with Gasteiger partial charge in [-0.25, -0.2) is 0 Å². The number of aromatic nitrogens is 3. The summed E-state index contributed by atoms with van der Waals surface area (Å²) in [5, 5.41) is 9.75. The first-order chi connectivity index (χ1) is 15.8. The molecule has 0 atom stereocenters. The third kappa shape index (κ3) is 5.78. The van der Waals surface area contributed by atoms with Crippen molar-refractivity contribution in [2.75, 3.05) is 19.5 Å². The van der Waals surface area contributed by atoms with Gasteiger partial charge in [-0.1, -0.05) is 90.6 Å². The van der Waals surface area contributed by atoms with E-state index in [-0.39, 0.29) is 0 Å². The van der Waals surface area contributed by atoms with Crippen molar-refractivity contribution >= 4 is 11.8 Å². The smallest absolute Gasteiger partial charge is 0.191 e. The van der Waals surface area contributed by atoms with Gasteiger partial charge in [-0.05, 0) is 23.6 Å². The van der Waals surface area contributed by atoms with Gasteiger partial charge in [-0.15, -0.1) is 10.2 Å². The molecule has 0 saturated heterocycles. The molecule has 1 heterocycles. The monoisotopic (exact) mass is 445 g/mol. The molecule has 6 heteroatoms. The zero-order chi connectivity index (χ0) is 22.0. The first-order valence-corrected chi connectivity index (χ1v) is 11.7. The van der Waals surface area contributed by atoms with Crippen molar-refractivity contribution in [1.82, 2.24) is 14.8 Å². The van der Waals surface area contributed by atoms with E-state index in [9.17, 15) is 0 Å². The summed E-state index contributed by atoms with van der Waals surface area (Å²) >= 11 is 1.71.